The summed E-state index contributed by atoms with van der Waals surface area (Å²) in [4.78, 5) is 14.9. The molecule has 0 saturated heterocycles. The van der Waals surface area contributed by atoms with Crippen LogP contribution in [0.15, 0.2) is 71.3 Å². The van der Waals surface area contributed by atoms with Crippen LogP contribution in [0, 0.1) is 0 Å². The summed E-state index contributed by atoms with van der Waals surface area (Å²) in [7, 11) is 0. The van der Waals surface area contributed by atoms with Crippen molar-refractivity contribution in [3.05, 3.63) is 82.6 Å². The molecule has 1 aliphatic rings. The van der Waals surface area contributed by atoms with E-state index in [1.54, 1.807) is 0 Å². The average molecular weight is 396 g/mol. The molecule has 25 heavy (non-hydrogen) atoms. The number of carbonyl (C=O) groups excluding carboxylic acids is 1. The van der Waals surface area contributed by atoms with Crippen molar-refractivity contribution in [2.24, 2.45) is 0 Å². The van der Waals surface area contributed by atoms with Gasteiger partial charge in [0.1, 0.15) is 0 Å². The molecule has 4 nitrogen and oxygen atoms in total. The van der Waals surface area contributed by atoms with Crippen molar-refractivity contribution in [1.82, 2.24) is 9.47 Å². The maximum atomic E-state index is 13.0. The number of para-hydroxylation sites is 2. The lowest BCUT2D eigenvalue weighted by Gasteiger charge is -2.28. The third-order valence-corrected chi connectivity index (χ3v) is 5.34. The van der Waals surface area contributed by atoms with Crippen LogP contribution in [0.5, 0.6) is 0 Å². The molecule has 0 saturated carbocycles. The monoisotopic (exact) mass is 395 g/mol. The van der Waals surface area contributed by atoms with Crippen molar-refractivity contribution >= 4 is 27.6 Å². The molecule has 1 aromatic heterocycles. The molecule has 1 N–H and O–H groups in total. The zero-order valence-electron chi connectivity index (χ0n) is 13.8. The van der Waals surface area contributed by atoms with Crippen molar-refractivity contribution in [1.29, 1.82) is 0 Å². The molecule has 4 rings (SSSR count). The molecule has 126 valence electrons. The molecule has 0 unspecified atom stereocenters. The second-order valence-corrected chi connectivity index (χ2v) is 7.00. The average Bonchev–Trinajstić information content (AvgIpc) is 3.07. The number of nitrogens with zero attached hydrogens (tertiary/aromatic N) is 2. The Morgan fingerprint density at radius 1 is 1.08 bits per heavy atom. The van der Waals surface area contributed by atoms with Crippen LogP contribution >= 0.6 is 15.9 Å². The highest BCUT2D eigenvalue weighted by Crippen LogP contribution is 2.32. The maximum absolute atomic E-state index is 13.0. The van der Waals surface area contributed by atoms with E-state index in [9.17, 15) is 4.79 Å². The molecule has 0 fully saturated rings. The third kappa shape index (κ3) is 2.85. The van der Waals surface area contributed by atoms with Gasteiger partial charge >= 0.3 is 6.03 Å². The van der Waals surface area contributed by atoms with E-state index in [-0.39, 0.29) is 12.1 Å². The summed E-state index contributed by atoms with van der Waals surface area (Å²) < 4.78 is 3.04. The summed E-state index contributed by atoms with van der Waals surface area (Å²) in [6, 6.07) is 19.8. The molecule has 5 heteroatoms. The van der Waals surface area contributed by atoms with Crippen molar-refractivity contribution < 1.29 is 4.79 Å². The van der Waals surface area contributed by atoms with Crippen LogP contribution in [0.25, 0.3) is 5.69 Å². The van der Waals surface area contributed by atoms with Crippen molar-refractivity contribution in [3.63, 3.8) is 0 Å². The molecule has 2 heterocycles. The summed E-state index contributed by atoms with van der Waals surface area (Å²) in [5, 5.41) is 3.02. The lowest BCUT2D eigenvalue weighted by molar-refractivity contribution is 0.189. The van der Waals surface area contributed by atoms with E-state index in [4.69, 9.17) is 0 Å². The van der Waals surface area contributed by atoms with Crippen molar-refractivity contribution in [2.45, 2.75) is 19.5 Å². The van der Waals surface area contributed by atoms with Gasteiger partial charge in [-0.3, -0.25) is 0 Å². The van der Waals surface area contributed by atoms with Gasteiger partial charge in [0, 0.05) is 16.4 Å². The molecular weight excluding hydrogens is 378 g/mol. The predicted octanol–water partition coefficient (Wildman–Crippen LogP) is 5.35. The fraction of sp³-hybridized carbons (Fsp3) is 0.150. The van der Waals surface area contributed by atoms with Crippen LogP contribution in [0.3, 0.4) is 0 Å². The van der Waals surface area contributed by atoms with Crippen LogP contribution in [-0.4, -0.2) is 15.5 Å². The van der Waals surface area contributed by atoms with Crippen LogP contribution in [-0.2, 0) is 6.54 Å². The number of amides is 2. The van der Waals surface area contributed by atoms with Gasteiger partial charge in [-0.25, -0.2) is 4.79 Å². The Kier molecular flexibility index (Phi) is 4.09. The minimum absolute atomic E-state index is 0.0371. The Hall–Kier alpha value is -2.53. The number of anilines is 1. The number of nitrogens with one attached hydrogen (secondary N) is 1. The molecule has 0 spiro atoms. The SMILES string of the molecule is C[C@H]1c2cccn2-c2ccccc2CN1C(=O)Nc1ccccc1Br. The van der Waals surface area contributed by atoms with Crippen LogP contribution < -0.4 is 5.32 Å². The number of aromatic nitrogens is 1. The van der Waals surface area contributed by atoms with E-state index in [2.05, 4.69) is 57.1 Å². The van der Waals surface area contributed by atoms with E-state index < -0.39 is 0 Å². The largest absolute Gasteiger partial charge is 0.322 e. The van der Waals surface area contributed by atoms with E-state index in [0.717, 1.165) is 27.1 Å². The van der Waals surface area contributed by atoms with Gasteiger partial charge in [-0.1, -0.05) is 30.3 Å². The first-order chi connectivity index (χ1) is 12.1. The zero-order chi connectivity index (χ0) is 17.4. The molecule has 3 aromatic rings. The smallest absolute Gasteiger partial charge is 0.318 e. The predicted molar refractivity (Wildman–Crippen MR) is 103 cm³/mol. The number of hydrogen-bond donors (Lipinski definition) is 1. The first-order valence-corrected chi connectivity index (χ1v) is 9.02. The van der Waals surface area contributed by atoms with Crippen LogP contribution in [0.4, 0.5) is 10.5 Å². The summed E-state index contributed by atoms with van der Waals surface area (Å²) in [5.74, 6) is 0. The van der Waals surface area contributed by atoms with E-state index in [1.165, 1.54) is 0 Å². The van der Waals surface area contributed by atoms with Gasteiger partial charge in [-0.15, -0.1) is 0 Å². The molecule has 1 aliphatic heterocycles. The number of fused-ring (bicyclic) bond motifs is 3. The van der Waals surface area contributed by atoms with Gasteiger partial charge in [-0.2, -0.15) is 0 Å². The van der Waals surface area contributed by atoms with Gasteiger partial charge in [0.2, 0.25) is 0 Å². The number of halogens is 1. The van der Waals surface area contributed by atoms with Gasteiger partial charge in [0.05, 0.1) is 24.0 Å². The molecule has 2 amide bonds. The molecule has 0 radical (unpaired) electrons. The first-order valence-electron chi connectivity index (χ1n) is 8.23. The number of rotatable bonds is 1. The maximum Gasteiger partial charge on any atom is 0.322 e. The van der Waals surface area contributed by atoms with Gasteiger partial charge < -0.3 is 14.8 Å². The Balaban J connectivity index is 1.71. The highest BCUT2D eigenvalue weighted by molar-refractivity contribution is 9.10. The topological polar surface area (TPSA) is 37.3 Å². The second-order valence-electron chi connectivity index (χ2n) is 6.15. The molecule has 2 aromatic carbocycles. The number of hydrogen-bond acceptors (Lipinski definition) is 1. The second kappa shape index (κ2) is 6.41. The lowest BCUT2D eigenvalue weighted by atomic mass is 10.1. The standard InChI is InChI=1S/C20H18BrN3O/c1-14-18-11-6-12-23(18)19-10-5-2-7-15(19)13-24(14)20(25)22-17-9-4-3-8-16(17)21/h2-12,14H,13H2,1H3,(H,22,25)/t14-/m0/s1. The van der Waals surface area contributed by atoms with E-state index in [0.29, 0.717) is 6.54 Å². The fourth-order valence-electron chi connectivity index (χ4n) is 3.31. The summed E-state index contributed by atoms with van der Waals surface area (Å²) in [6.07, 6.45) is 2.06. The molecule has 0 aliphatic carbocycles. The lowest BCUT2D eigenvalue weighted by Crippen LogP contribution is -2.36. The normalized spacial score (nSPS) is 15.9. The van der Waals surface area contributed by atoms with Gasteiger partial charge in [-0.05, 0) is 58.7 Å². The number of carbonyl (C=O) groups is 1. The third-order valence-electron chi connectivity index (χ3n) is 4.64. The fourth-order valence-corrected chi connectivity index (χ4v) is 3.69. The Morgan fingerprint density at radius 2 is 1.84 bits per heavy atom. The first kappa shape index (κ1) is 16.0. The van der Waals surface area contributed by atoms with Crippen molar-refractivity contribution in [3.8, 4) is 5.69 Å². The van der Waals surface area contributed by atoms with E-state index in [1.807, 2.05) is 47.4 Å². The Bertz CT molecular complexity index is 934. The minimum Gasteiger partial charge on any atom is -0.318 e. The number of benzene rings is 2. The molecule has 0 bridgehead atoms. The van der Waals surface area contributed by atoms with Crippen molar-refractivity contribution in [2.75, 3.05) is 5.32 Å². The zero-order valence-corrected chi connectivity index (χ0v) is 15.4. The van der Waals surface area contributed by atoms with E-state index >= 15 is 0 Å². The Morgan fingerprint density at radius 3 is 2.68 bits per heavy atom. The summed E-state index contributed by atoms with van der Waals surface area (Å²) in [6.45, 7) is 2.63. The number of urea groups is 1. The van der Waals surface area contributed by atoms with Gasteiger partial charge in [0.25, 0.3) is 0 Å². The van der Waals surface area contributed by atoms with Crippen LogP contribution in [0.1, 0.15) is 24.2 Å². The van der Waals surface area contributed by atoms with Gasteiger partial charge in [0.15, 0.2) is 0 Å². The quantitative estimate of drug-likeness (QED) is 0.592. The highest BCUT2D eigenvalue weighted by atomic mass is 79.9. The van der Waals surface area contributed by atoms with Crippen LogP contribution in [0.2, 0.25) is 0 Å². The molecular formula is C20H18BrN3O. The highest BCUT2D eigenvalue weighted by Gasteiger charge is 2.28. The Labute approximate surface area is 155 Å². The summed E-state index contributed by atoms with van der Waals surface area (Å²) >= 11 is 3.49. The summed E-state index contributed by atoms with van der Waals surface area (Å²) in [5.41, 5.74) is 4.14. The molecule has 1 atom stereocenters. The minimum atomic E-state index is -0.108.